The highest BCUT2D eigenvalue weighted by atomic mass is 35.5. The molecule has 2 aromatic rings. The predicted octanol–water partition coefficient (Wildman–Crippen LogP) is 4.12. The van der Waals surface area contributed by atoms with Gasteiger partial charge < -0.3 is 10.5 Å². The fourth-order valence-electron chi connectivity index (χ4n) is 3.50. The van der Waals surface area contributed by atoms with E-state index in [1.807, 2.05) is 18.2 Å². The van der Waals surface area contributed by atoms with Crippen LogP contribution in [0.3, 0.4) is 0 Å². The Morgan fingerprint density at radius 3 is 2.56 bits per heavy atom. The minimum atomic E-state index is -2.88. The number of rotatable bonds is 6. The number of hydrogen-bond donors (Lipinski definition) is 1. The maximum absolute atomic E-state index is 12.3. The first-order valence-corrected chi connectivity index (χ1v) is 8.65. The molecule has 0 bridgehead atoms. The van der Waals surface area contributed by atoms with Crippen LogP contribution in [0.5, 0.6) is 5.75 Å². The minimum Gasteiger partial charge on any atom is -0.433 e. The van der Waals surface area contributed by atoms with Gasteiger partial charge in [0.15, 0.2) is 0 Å². The normalized spacial score (nSPS) is 21.0. The molecule has 2 N–H and O–H groups in total. The molecule has 3 rings (SSSR count). The molecule has 0 aromatic heterocycles. The van der Waals surface area contributed by atoms with Crippen LogP contribution in [0.2, 0.25) is 5.02 Å². The van der Waals surface area contributed by atoms with Crippen molar-refractivity contribution in [2.24, 2.45) is 11.7 Å². The molecular weight excluding hydrogens is 346 g/mol. The molecule has 0 aliphatic carbocycles. The van der Waals surface area contributed by atoms with Gasteiger partial charge in [-0.15, -0.1) is 0 Å². The van der Waals surface area contributed by atoms with Crippen molar-refractivity contribution in [1.82, 2.24) is 4.90 Å². The Labute approximate surface area is 151 Å². The van der Waals surface area contributed by atoms with Gasteiger partial charge in [0.1, 0.15) is 5.75 Å². The predicted molar refractivity (Wildman–Crippen MR) is 95.1 cm³/mol. The van der Waals surface area contributed by atoms with Crippen molar-refractivity contribution in [3.8, 4) is 5.75 Å². The Bertz CT molecular complexity index is 699. The molecule has 2 aromatic carbocycles. The van der Waals surface area contributed by atoms with Crippen LogP contribution in [0.1, 0.15) is 17.0 Å². The van der Waals surface area contributed by atoms with Gasteiger partial charge in [-0.3, -0.25) is 4.90 Å². The molecule has 134 valence electrons. The van der Waals surface area contributed by atoms with E-state index in [-0.39, 0.29) is 10.8 Å². The zero-order valence-electron chi connectivity index (χ0n) is 13.7. The van der Waals surface area contributed by atoms with Crippen LogP contribution in [0, 0.1) is 5.92 Å². The smallest absolute Gasteiger partial charge is 0.387 e. The molecule has 1 heterocycles. The van der Waals surface area contributed by atoms with Crippen LogP contribution in [0.25, 0.3) is 0 Å². The summed E-state index contributed by atoms with van der Waals surface area (Å²) >= 11 is 6.04. The third-order valence-corrected chi connectivity index (χ3v) is 4.96. The third kappa shape index (κ3) is 4.48. The molecular formula is C19H21ClF2N2O. The monoisotopic (exact) mass is 366 g/mol. The van der Waals surface area contributed by atoms with Crippen molar-refractivity contribution in [3.63, 3.8) is 0 Å². The van der Waals surface area contributed by atoms with Gasteiger partial charge in [-0.2, -0.15) is 8.78 Å². The number of hydrogen-bond acceptors (Lipinski definition) is 3. The Hall–Kier alpha value is -1.69. The molecule has 6 heteroatoms. The van der Waals surface area contributed by atoms with Gasteiger partial charge in [0.2, 0.25) is 0 Å². The maximum atomic E-state index is 12.3. The van der Waals surface area contributed by atoms with Gasteiger partial charge in [-0.1, -0.05) is 48.0 Å². The lowest BCUT2D eigenvalue weighted by molar-refractivity contribution is -0.0498. The number of likely N-dealkylation sites (tertiary alicyclic amines) is 1. The lowest BCUT2D eigenvalue weighted by Crippen LogP contribution is -2.23. The lowest BCUT2D eigenvalue weighted by atomic mass is 9.89. The van der Waals surface area contributed by atoms with Crippen molar-refractivity contribution in [2.75, 3.05) is 19.6 Å². The molecule has 1 saturated heterocycles. The molecule has 0 radical (unpaired) electrons. The molecule has 3 nitrogen and oxygen atoms in total. The van der Waals surface area contributed by atoms with E-state index in [1.165, 1.54) is 11.6 Å². The van der Waals surface area contributed by atoms with E-state index in [9.17, 15) is 8.78 Å². The van der Waals surface area contributed by atoms with Crippen LogP contribution in [0.15, 0.2) is 48.5 Å². The average Bonchev–Trinajstić information content (AvgIpc) is 3.01. The van der Waals surface area contributed by atoms with Gasteiger partial charge in [0.25, 0.3) is 0 Å². The maximum Gasteiger partial charge on any atom is 0.387 e. The largest absolute Gasteiger partial charge is 0.433 e. The van der Waals surface area contributed by atoms with Gasteiger partial charge >= 0.3 is 6.61 Å². The van der Waals surface area contributed by atoms with Crippen LogP contribution in [-0.2, 0) is 6.54 Å². The summed E-state index contributed by atoms with van der Waals surface area (Å²) in [5.74, 6) is 0.811. The number of nitrogens with zero attached hydrogens (tertiary/aromatic N) is 1. The first kappa shape index (κ1) is 18.1. The van der Waals surface area contributed by atoms with Crippen molar-refractivity contribution in [2.45, 2.75) is 19.1 Å². The zero-order chi connectivity index (χ0) is 17.8. The van der Waals surface area contributed by atoms with E-state index in [0.717, 1.165) is 18.7 Å². The summed E-state index contributed by atoms with van der Waals surface area (Å²) in [4.78, 5) is 2.33. The fraction of sp³-hybridized carbons (Fsp3) is 0.368. The highest BCUT2D eigenvalue weighted by Gasteiger charge is 2.32. The minimum absolute atomic E-state index is 0.00355. The average molecular weight is 367 g/mol. The highest BCUT2D eigenvalue weighted by Crippen LogP contribution is 2.34. The van der Waals surface area contributed by atoms with Gasteiger partial charge in [-0.25, -0.2) is 0 Å². The fourth-order valence-corrected chi connectivity index (χ4v) is 3.75. The first-order valence-electron chi connectivity index (χ1n) is 8.27. The molecule has 1 aliphatic rings. The number of alkyl halides is 2. The second kappa shape index (κ2) is 8.13. The Morgan fingerprint density at radius 2 is 1.92 bits per heavy atom. The van der Waals surface area contributed by atoms with E-state index in [2.05, 4.69) is 21.8 Å². The lowest BCUT2D eigenvalue weighted by Gasteiger charge is -2.17. The SMILES string of the molecule is NC[C@@H]1CN(Cc2ccc(OC(F)F)c(Cl)c2)C[C@H]1c1ccccc1. The van der Waals surface area contributed by atoms with E-state index >= 15 is 0 Å². The van der Waals surface area contributed by atoms with E-state index in [4.69, 9.17) is 17.3 Å². The number of halogens is 3. The van der Waals surface area contributed by atoms with E-state index in [0.29, 0.717) is 24.9 Å². The second-order valence-electron chi connectivity index (χ2n) is 6.35. The summed E-state index contributed by atoms with van der Waals surface area (Å²) in [6.07, 6.45) is 0. The Kier molecular flexibility index (Phi) is 5.89. The van der Waals surface area contributed by atoms with E-state index in [1.54, 1.807) is 12.1 Å². The molecule has 0 saturated carbocycles. The van der Waals surface area contributed by atoms with Crippen molar-refractivity contribution in [3.05, 3.63) is 64.7 Å². The van der Waals surface area contributed by atoms with Crippen molar-refractivity contribution < 1.29 is 13.5 Å². The summed E-state index contributed by atoms with van der Waals surface area (Å²) < 4.78 is 29.0. The summed E-state index contributed by atoms with van der Waals surface area (Å²) in [6.45, 7) is 0.285. The summed E-state index contributed by atoms with van der Waals surface area (Å²) in [5, 5.41) is 0.201. The topological polar surface area (TPSA) is 38.5 Å². The first-order chi connectivity index (χ1) is 12.1. The quantitative estimate of drug-likeness (QED) is 0.836. The molecule has 2 atom stereocenters. The Morgan fingerprint density at radius 1 is 1.16 bits per heavy atom. The number of benzene rings is 2. The summed E-state index contributed by atoms with van der Waals surface area (Å²) in [7, 11) is 0. The molecule has 0 amide bonds. The summed E-state index contributed by atoms with van der Waals surface area (Å²) in [5.41, 5.74) is 8.25. The molecule has 0 unspecified atom stereocenters. The van der Waals surface area contributed by atoms with Crippen LogP contribution < -0.4 is 10.5 Å². The van der Waals surface area contributed by atoms with Crippen LogP contribution in [-0.4, -0.2) is 31.1 Å². The van der Waals surface area contributed by atoms with Gasteiger partial charge in [-0.05, 0) is 35.7 Å². The standard InChI is InChI=1S/C19H21ClF2N2O/c20-17-8-13(6-7-18(17)25-19(21)22)10-24-11-15(9-23)16(12-24)14-4-2-1-3-5-14/h1-8,15-16,19H,9-12,23H2/t15-,16+/m1/s1. The van der Waals surface area contributed by atoms with Gasteiger partial charge in [0.05, 0.1) is 5.02 Å². The molecule has 1 aliphatic heterocycles. The van der Waals surface area contributed by atoms with Crippen molar-refractivity contribution >= 4 is 11.6 Å². The Balaban J connectivity index is 1.68. The third-order valence-electron chi connectivity index (χ3n) is 4.67. The number of nitrogens with two attached hydrogens (primary N) is 1. The number of ether oxygens (including phenoxy) is 1. The van der Waals surface area contributed by atoms with E-state index < -0.39 is 6.61 Å². The molecule has 25 heavy (non-hydrogen) atoms. The molecule has 0 spiro atoms. The second-order valence-corrected chi connectivity index (χ2v) is 6.76. The van der Waals surface area contributed by atoms with Gasteiger partial charge in [0, 0.05) is 25.6 Å². The van der Waals surface area contributed by atoms with Crippen LogP contribution in [0.4, 0.5) is 8.78 Å². The highest BCUT2D eigenvalue weighted by molar-refractivity contribution is 6.32. The summed E-state index contributed by atoms with van der Waals surface area (Å²) in [6, 6.07) is 15.4. The van der Waals surface area contributed by atoms with Crippen LogP contribution >= 0.6 is 11.6 Å². The van der Waals surface area contributed by atoms with Crippen molar-refractivity contribution in [1.29, 1.82) is 0 Å². The molecule has 1 fully saturated rings. The zero-order valence-corrected chi connectivity index (χ0v) is 14.5.